The van der Waals surface area contributed by atoms with Gasteiger partial charge >= 0.3 is 5.97 Å². The van der Waals surface area contributed by atoms with Crippen LogP contribution in [0, 0.1) is 5.92 Å². The summed E-state index contributed by atoms with van der Waals surface area (Å²) in [7, 11) is 0. The fraction of sp³-hybridized carbons (Fsp3) is 0.533. The van der Waals surface area contributed by atoms with Crippen LogP contribution in [0.15, 0.2) is 28.7 Å². The molecule has 1 heterocycles. The second-order valence-electron chi connectivity index (χ2n) is 5.61. The molecule has 104 valence electrons. The summed E-state index contributed by atoms with van der Waals surface area (Å²) in [6.45, 7) is 6.30. The molecule has 0 spiro atoms. The molecular weight excluding hydrogens is 306 g/mol. The summed E-state index contributed by atoms with van der Waals surface area (Å²) in [5, 5.41) is 2.32. The Morgan fingerprint density at radius 2 is 1.95 bits per heavy atom. The highest BCUT2D eigenvalue weighted by atomic mass is 79.9. The van der Waals surface area contributed by atoms with E-state index in [1.54, 1.807) is 6.07 Å². The van der Waals surface area contributed by atoms with E-state index in [1.807, 2.05) is 32.0 Å². The van der Waals surface area contributed by atoms with Gasteiger partial charge in [0.2, 0.25) is 0 Å². The number of rotatable bonds is 3. The minimum absolute atomic E-state index is 0.243. The molecule has 2 N–H and O–H groups in total. The van der Waals surface area contributed by atoms with Gasteiger partial charge in [0.25, 0.3) is 0 Å². The van der Waals surface area contributed by atoms with Crippen LogP contribution in [-0.2, 0) is 4.74 Å². The number of hydrogen-bond donors (Lipinski definition) is 1. The van der Waals surface area contributed by atoms with Crippen molar-refractivity contribution in [3.8, 4) is 0 Å². The van der Waals surface area contributed by atoms with Gasteiger partial charge in [0.15, 0.2) is 0 Å². The van der Waals surface area contributed by atoms with Crippen molar-refractivity contribution in [1.82, 2.24) is 0 Å². The molecule has 2 rings (SSSR count). The predicted molar refractivity (Wildman–Crippen MR) is 78.0 cm³/mol. The molecule has 0 unspecified atom stereocenters. The van der Waals surface area contributed by atoms with Crippen molar-refractivity contribution in [2.45, 2.75) is 32.3 Å². The van der Waals surface area contributed by atoms with E-state index < -0.39 is 5.60 Å². The van der Waals surface area contributed by atoms with Gasteiger partial charge in [0.1, 0.15) is 5.60 Å². The van der Waals surface area contributed by atoms with Crippen LogP contribution in [0.25, 0.3) is 0 Å². The third-order valence-corrected chi connectivity index (χ3v) is 4.56. The van der Waals surface area contributed by atoms with Gasteiger partial charge in [-0.1, -0.05) is 12.1 Å². The first kappa shape index (κ1) is 14.5. The highest BCUT2D eigenvalue weighted by Crippen LogP contribution is 2.29. The first-order valence-electron chi connectivity index (χ1n) is 6.80. The van der Waals surface area contributed by atoms with Crippen LogP contribution in [-0.4, -0.2) is 24.7 Å². The molecule has 1 aliphatic heterocycles. The van der Waals surface area contributed by atoms with Crippen LogP contribution >= 0.6 is 15.9 Å². The quantitative estimate of drug-likeness (QED) is 0.866. The fourth-order valence-corrected chi connectivity index (χ4v) is 3.07. The largest absolute Gasteiger partial charge is 0.456 e. The average molecular weight is 327 g/mol. The number of hydrogen-bond acceptors (Lipinski definition) is 2. The van der Waals surface area contributed by atoms with Crippen LogP contribution < -0.4 is 5.32 Å². The summed E-state index contributed by atoms with van der Waals surface area (Å²) in [5.41, 5.74) is 0.193. The SMILES string of the molecule is CC(C)(OC(=O)c1ccccc1Br)C1CC[NH2+]CC1. The number of carbonyl (C=O) groups is 1. The Balaban J connectivity index is 2.07. The van der Waals surface area contributed by atoms with Crippen LogP contribution in [0.5, 0.6) is 0 Å². The summed E-state index contributed by atoms with van der Waals surface area (Å²) < 4.78 is 6.55. The number of ether oxygens (including phenoxy) is 1. The molecule has 0 aliphatic carbocycles. The third kappa shape index (κ3) is 3.57. The minimum Gasteiger partial charge on any atom is -0.456 e. The van der Waals surface area contributed by atoms with Crippen LogP contribution in [0.1, 0.15) is 37.0 Å². The Bertz CT molecular complexity index is 453. The number of nitrogens with two attached hydrogens (primary N) is 1. The Morgan fingerprint density at radius 1 is 1.32 bits per heavy atom. The first-order valence-corrected chi connectivity index (χ1v) is 7.59. The topological polar surface area (TPSA) is 42.9 Å². The van der Waals surface area contributed by atoms with Gasteiger partial charge in [0, 0.05) is 23.2 Å². The maximum Gasteiger partial charge on any atom is 0.339 e. The molecule has 0 aromatic heterocycles. The van der Waals surface area contributed by atoms with Gasteiger partial charge in [-0.05, 0) is 41.9 Å². The standard InChI is InChI=1S/C15H20BrNO2/c1-15(2,11-7-9-17-10-8-11)19-14(18)12-5-3-4-6-13(12)16/h3-6,11,17H,7-10H2,1-2H3/p+1. The van der Waals surface area contributed by atoms with E-state index in [9.17, 15) is 4.79 Å². The summed E-state index contributed by atoms with van der Waals surface area (Å²) in [6, 6.07) is 7.39. The lowest BCUT2D eigenvalue weighted by atomic mass is 9.83. The van der Waals surface area contributed by atoms with E-state index in [4.69, 9.17) is 4.74 Å². The van der Waals surface area contributed by atoms with Gasteiger partial charge in [-0.3, -0.25) is 0 Å². The van der Waals surface area contributed by atoms with E-state index in [1.165, 1.54) is 0 Å². The number of quaternary nitrogens is 1. The number of benzene rings is 1. The molecule has 0 atom stereocenters. The van der Waals surface area contributed by atoms with Crippen molar-refractivity contribution in [1.29, 1.82) is 0 Å². The van der Waals surface area contributed by atoms with Gasteiger partial charge in [-0.25, -0.2) is 4.79 Å². The van der Waals surface area contributed by atoms with E-state index in [0.29, 0.717) is 11.5 Å². The summed E-state index contributed by atoms with van der Waals surface area (Å²) >= 11 is 3.39. The molecule has 1 aliphatic rings. The third-order valence-electron chi connectivity index (χ3n) is 3.87. The minimum atomic E-state index is -0.402. The van der Waals surface area contributed by atoms with Crippen LogP contribution in [0.3, 0.4) is 0 Å². The molecule has 0 bridgehead atoms. The van der Waals surface area contributed by atoms with Crippen molar-refractivity contribution in [2.75, 3.05) is 13.1 Å². The van der Waals surface area contributed by atoms with Gasteiger partial charge in [-0.2, -0.15) is 0 Å². The molecule has 0 amide bonds. The Morgan fingerprint density at radius 3 is 2.58 bits per heavy atom. The lowest BCUT2D eigenvalue weighted by Crippen LogP contribution is -2.86. The summed E-state index contributed by atoms with van der Waals surface area (Å²) in [6.07, 6.45) is 2.21. The van der Waals surface area contributed by atoms with E-state index in [2.05, 4.69) is 21.2 Å². The first-order chi connectivity index (χ1) is 9.00. The Kier molecular flexibility index (Phi) is 4.63. The zero-order valence-electron chi connectivity index (χ0n) is 11.5. The second kappa shape index (κ2) is 6.06. The normalized spacial score (nSPS) is 17.2. The molecular formula is C15H21BrNO2+. The van der Waals surface area contributed by atoms with Crippen molar-refractivity contribution < 1.29 is 14.8 Å². The summed E-state index contributed by atoms with van der Waals surface area (Å²) in [5.74, 6) is 0.205. The summed E-state index contributed by atoms with van der Waals surface area (Å²) in [4.78, 5) is 12.3. The molecule has 3 nitrogen and oxygen atoms in total. The highest BCUT2D eigenvalue weighted by Gasteiger charge is 2.35. The monoisotopic (exact) mass is 326 g/mol. The number of piperidine rings is 1. The zero-order chi connectivity index (χ0) is 13.9. The Hall–Kier alpha value is -0.870. The lowest BCUT2D eigenvalue weighted by Gasteiger charge is -2.35. The molecule has 0 radical (unpaired) electrons. The maximum atomic E-state index is 12.3. The molecule has 1 fully saturated rings. The molecule has 1 aromatic carbocycles. The van der Waals surface area contributed by atoms with Crippen LogP contribution in [0.4, 0.5) is 0 Å². The molecule has 1 aromatic rings. The highest BCUT2D eigenvalue weighted by molar-refractivity contribution is 9.10. The zero-order valence-corrected chi connectivity index (χ0v) is 13.1. The van der Waals surface area contributed by atoms with Crippen LogP contribution in [0.2, 0.25) is 0 Å². The second-order valence-corrected chi connectivity index (χ2v) is 6.47. The van der Waals surface area contributed by atoms with E-state index in [0.717, 1.165) is 30.4 Å². The molecule has 4 heteroatoms. The van der Waals surface area contributed by atoms with Crippen molar-refractivity contribution >= 4 is 21.9 Å². The number of carbonyl (C=O) groups excluding carboxylic acids is 1. The fourth-order valence-electron chi connectivity index (χ4n) is 2.63. The predicted octanol–water partition coefficient (Wildman–Crippen LogP) is 2.36. The van der Waals surface area contributed by atoms with Crippen molar-refractivity contribution in [2.24, 2.45) is 5.92 Å². The van der Waals surface area contributed by atoms with Gasteiger partial charge < -0.3 is 10.1 Å². The average Bonchev–Trinajstić information content (AvgIpc) is 2.39. The van der Waals surface area contributed by atoms with Crippen molar-refractivity contribution in [3.63, 3.8) is 0 Å². The van der Waals surface area contributed by atoms with Crippen molar-refractivity contribution in [3.05, 3.63) is 34.3 Å². The molecule has 19 heavy (non-hydrogen) atoms. The van der Waals surface area contributed by atoms with Gasteiger partial charge in [0.05, 0.1) is 18.7 Å². The number of esters is 1. The maximum absolute atomic E-state index is 12.3. The smallest absolute Gasteiger partial charge is 0.339 e. The Labute approximate surface area is 122 Å². The molecule has 0 saturated carbocycles. The lowest BCUT2D eigenvalue weighted by molar-refractivity contribution is -0.665. The van der Waals surface area contributed by atoms with E-state index >= 15 is 0 Å². The van der Waals surface area contributed by atoms with Gasteiger partial charge in [-0.15, -0.1) is 0 Å². The number of halogens is 1. The van der Waals surface area contributed by atoms with E-state index in [-0.39, 0.29) is 5.97 Å². The molecule has 1 saturated heterocycles.